The fourth-order valence-electron chi connectivity index (χ4n) is 2.88. The van der Waals surface area contributed by atoms with E-state index in [2.05, 4.69) is 36.7 Å². The van der Waals surface area contributed by atoms with E-state index in [1.54, 1.807) is 24.3 Å². The molecule has 1 saturated heterocycles. The minimum absolute atomic E-state index is 0.0450. The average Bonchev–Trinajstić information content (AvgIpc) is 2.60. The van der Waals surface area contributed by atoms with Crippen LogP contribution in [0.5, 0.6) is 0 Å². The smallest absolute Gasteiger partial charge is 0.251 e. The van der Waals surface area contributed by atoms with Crippen molar-refractivity contribution >= 4 is 11.8 Å². The third-order valence-electron chi connectivity index (χ3n) is 4.43. The molecule has 25 heavy (non-hydrogen) atoms. The predicted molar refractivity (Wildman–Crippen MR) is 101 cm³/mol. The first-order valence-corrected chi connectivity index (χ1v) is 9.22. The zero-order valence-electron chi connectivity index (χ0n) is 15.7. The fourth-order valence-corrected chi connectivity index (χ4v) is 2.88. The lowest BCUT2D eigenvalue weighted by atomic mass is 9.96. The van der Waals surface area contributed by atoms with E-state index < -0.39 is 0 Å². The molecule has 0 radical (unpaired) electrons. The van der Waals surface area contributed by atoms with E-state index in [1.807, 2.05) is 0 Å². The molecule has 1 aliphatic rings. The first-order chi connectivity index (χ1) is 11.8. The van der Waals surface area contributed by atoms with Crippen LogP contribution in [0, 0.1) is 11.3 Å². The molecule has 1 unspecified atom stereocenters. The number of rotatable bonds is 6. The normalized spacial score (nSPS) is 17.8. The highest BCUT2D eigenvalue weighted by Gasteiger charge is 2.15. The van der Waals surface area contributed by atoms with Gasteiger partial charge in [-0.3, -0.25) is 9.59 Å². The average molecular weight is 345 g/mol. The molecule has 5 nitrogen and oxygen atoms in total. The Morgan fingerprint density at radius 3 is 2.20 bits per heavy atom. The number of carbonyl (C=O) groups excluding carboxylic acids is 2. The van der Waals surface area contributed by atoms with Gasteiger partial charge in [-0.1, -0.05) is 20.8 Å². The molecule has 1 aromatic carbocycles. The number of nitrogens with one attached hydrogen (secondary N) is 3. The zero-order chi connectivity index (χ0) is 18.3. The van der Waals surface area contributed by atoms with Crippen LogP contribution >= 0.6 is 0 Å². The number of amides is 2. The van der Waals surface area contributed by atoms with Crippen LogP contribution in [0.3, 0.4) is 0 Å². The van der Waals surface area contributed by atoms with Gasteiger partial charge in [0.15, 0.2) is 0 Å². The van der Waals surface area contributed by atoms with Crippen LogP contribution in [0.4, 0.5) is 0 Å². The lowest BCUT2D eigenvalue weighted by molar-refractivity contribution is 0.0932. The quantitative estimate of drug-likeness (QED) is 0.742. The summed E-state index contributed by atoms with van der Waals surface area (Å²) >= 11 is 0. The molecule has 0 aromatic heterocycles. The van der Waals surface area contributed by atoms with Crippen LogP contribution in [-0.4, -0.2) is 38.0 Å². The van der Waals surface area contributed by atoms with E-state index in [1.165, 1.54) is 12.8 Å². The van der Waals surface area contributed by atoms with Gasteiger partial charge in [0.05, 0.1) is 0 Å². The Balaban J connectivity index is 1.78. The molecule has 3 N–H and O–H groups in total. The maximum Gasteiger partial charge on any atom is 0.251 e. The van der Waals surface area contributed by atoms with E-state index >= 15 is 0 Å². The van der Waals surface area contributed by atoms with E-state index in [0.29, 0.717) is 30.1 Å². The summed E-state index contributed by atoms with van der Waals surface area (Å²) in [5, 5.41) is 9.28. The Bertz CT molecular complexity index is 570. The molecular weight excluding hydrogens is 314 g/mol. The Hall–Kier alpha value is -1.88. The van der Waals surface area contributed by atoms with Gasteiger partial charge in [0, 0.05) is 24.2 Å². The molecule has 5 heteroatoms. The second-order valence-electron chi connectivity index (χ2n) is 8.08. The summed E-state index contributed by atoms with van der Waals surface area (Å²) in [5.74, 6) is 0.472. The summed E-state index contributed by atoms with van der Waals surface area (Å²) in [5.41, 5.74) is 1.21. The molecule has 0 saturated carbocycles. The van der Waals surface area contributed by atoms with Crippen LogP contribution in [0.2, 0.25) is 0 Å². The number of hydrogen-bond acceptors (Lipinski definition) is 3. The summed E-state index contributed by atoms with van der Waals surface area (Å²) in [6, 6.07) is 6.84. The van der Waals surface area contributed by atoms with Crippen molar-refractivity contribution in [3.63, 3.8) is 0 Å². The van der Waals surface area contributed by atoms with Gasteiger partial charge in [0.25, 0.3) is 11.8 Å². The molecule has 1 aliphatic heterocycles. The van der Waals surface area contributed by atoms with Crippen molar-refractivity contribution in [2.24, 2.45) is 11.3 Å². The standard InChI is InChI=1S/C20H31N3O2/c1-20(2,3)14-23-19(25)17-8-6-16(7-9-17)18(24)22-12-10-15-5-4-11-21-13-15/h6-9,15,21H,4-5,10-14H2,1-3H3,(H,22,24)(H,23,25). The van der Waals surface area contributed by atoms with Crippen molar-refractivity contribution in [3.8, 4) is 0 Å². The number of carbonyl (C=O) groups is 2. The Morgan fingerprint density at radius 2 is 1.68 bits per heavy atom. The highest BCUT2D eigenvalue weighted by atomic mass is 16.2. The summed E-state index contributed by atoms with van der Waals surface area (Å²) in [6.45, 7) is 9.69. The number of benzene rings is 1. The van der Waals surface area contributed by atoms with Crippen molar-refractivity contribution in [3.05, 3.63) is 35.4 Å². The van der Waals surface area contributed by atoms with E-state index in [4.69, 9.17) is 0 Å². The van der Waals surface area contributed by atoms with Crippen LogP contribution in [-0.2, 0) is 0 Å². The van der Waals surface area contributed by atoms with Gasteiger partial charge >= 0.3 is 0 Å². The van der Waals surface area contributed by atoms with E-state index in [9.17, 15) is 9.59 Å². The highest BCUT2D eigenvalue weighted by Crippen LogP contribution is 2.13. The van der Waals surface area contributed by atoms with Crippen molar-refractivity contribution in [1.29, 1.82) is 0 Å². The highest BCUT2D eigenvalue weighted by molar-refractivity contribution is 5.97. The van der Waals surface area contributed by atoms with Crippen LogP contribution in [0.25, 0.3) is 0 Å². The van der Waals surface area contributed by atoms with Gasteiger partial charge in [-0.25, -0.2) is 0 Å². The number of piperidine rings is 1. The topological polar surface area (TPSA) is 70.2 Å². The van der Waals surface area contributed by atoms with Gasteiger partial charge in [-0.2, -0.15) is 0 Å². The van der Waals surface area contributed by atoms with Gasteiger partial charge in [0.1, 0.15) is 0 Å². The predicted octanol–water partition coefficient (Wildman–Crippen LogP) is 2.58. The van der Waals surface area contributed by atoms with Crippen LogP contribution in [0.15, 0.2) is 24.3 Å². The summed E-state index contributed by atoms with van der Waals surface area (Å²) in [6.07, 6.45) is 3.46. The molecule has 1 heterocycles. The molecule has 1 fully saturated rings. The molecule has 1 aromatic rings. The summed E-state index contributed by atoms with van der Waals surface area (Å²) < 4.78 is 0. The van der Waals surface area contributed by atoms with Crippen molar-refractivity contribution < 1.29 is 9.59 Å². The molecule has 138 valence electrons. The molecule has 1 atom stereocenters. The molecule has 2 rings (SSSR count). The van der Waals surface area contributed by atoms with Crippen LogP contribution in [0.1, 0.15) is 60.7 Å². The van der Waals surface area contributed by atoms with Crippen molar-refractivity contribution in [2.75, 3.05) is 26.2 Å². The minimum Gasteiger partial charge on any atom is -0.352 e. The van der Waals surface area contributed by atoms with Gasteiger partial charge in [-0.15, -0.1) is 0 Å². The fraction of sp³-hybridized carbons (Fsp3) is 0.600. The van der Waals surface area contributed by atoms with Gasteiger partial charge < -0.3 is 16.0 Å². The lowest BCUT2D eigenvalue weighted by Crippen LogP contribution is -2.33. The van der Waals surface area contributed by atoms with Crippen molar-refractivity contribution in [2.45, 2.75) is 40.0 Å². The first-order valence-electron chi connectivity index (χ1n) is 9.22. The molecule has 0 aliphatic carbocycles. The third kappa shape index (κ3) is 6.86. The Morgan fingerprint density at radius 1 is 1.08 bits per heavy atom. The van der Waals surface area contributed by atoms with E-state index in [-0.39, 0.29) is 17.2 Å². The first kappa shape index (κ1) is 19.4. The third-order valence-corrected chi connectivity index (χ3v) is 4.43. The second kappa shape index (κ2) is 8.99. The molecule has 2 amide bonds. The second-order valence-corrected chi connectivity index (χ2v) is 8.08. The maximum atomic E-state index is 12.2. The van der Waals surface area contributed by atoms with Crippen LogP contribution < -0.4 is 16.0 Å². The van der Waals surface area contributed by atoms with E-state index in [0.717, 1.165) is 19.5 Å². The summed E-state index contributed by atoms with van der Waals surface area (Å²) in [7, 11) is 0. The molecule has 0 spiro atoms. The Kier molecular flexibility index (Phi) is 7.00. The lowest BCUT2D eigenvalue weighted by Gasteiger charge is -2.22. The molecular formula is C20H31N3O2. The van der Waals surface area contributed by atoms with Gasteiger partial charge in [-0.05, 0) is 68.0 Å². The summed E-state index contributed by atoms with van der Waals surface area (Å²) in [4.78, 5) is 24.3. The van der Waals surface area contributed by atoms with Crippen molar-refractivity contribution in [1.82, 2.24) is 16.0 Å². The SMILES string of the molecule is CC(C)(C)CNC(=O)c1ccc(C(=O)NCCC2CCCNC2)cc1. The maximum absolute atomic E-state index is 12.2. The monoisotopic (exact) mass is 345 g/mol. The molecule has 0 bridgehead atoms. The number of hydrogen-bond donors (Lipinski definition) is 3. The minimum atomic E-state index is -0.105. The largest absolute Gasteiger partial charge is 0.352 e. The zero-order valence-corrected chi connectivity index (χ0v) is 15.7. The Labute approximate surface area is 151 Å². The van der Waals surface area contributed by atoms with Gasteiger partial charge in [0.2, 0.25) is 0 Å².